The number of rotatable bonds is 2. The molecule has 0 N–H and O–H groups in total. The third-order valence-corrected chi connectivity index (χ3v) is 6.98. The molecule has 4 rings (SSSR count). The first-order valence-corrected chi connectivity index (χ1v) is 10.8. The first-order valence-electron chi connectivity index (χ1n) is 8.98. The molecular formula is C20H18ClFN2O3S. The summed E-state index contributed by atoms with van der Waals surface area (Å²) in [6.45, 7) is 1.07. The number of likely N-dealkylation sites (tertiary alicyclic amines) is 1. The van der Waals surface area contributed by atoms with Gasteiger partial charge in [-0.05, 0) is 61.7 Å². The predicted molar refractivity (Wildman–Crippen MR) is 106 cm³/mol. The van der Waals surface area contributed by atoms with Crippen molar-refractivity contribution >= 4 is 38.7 Å². The number of halogens is 2. The van der Waals surface area contributed by atoms with Crippen molar-refractivity contribution in [2.45, 2.75) is 24.2 Å². The number of amides is 1. The summed E-state index contributed by atoms with van der Waals surface area (Å²) >= 11 is 6.09. The van der Waals surface area contributed by atoms with Crippen LogP contribution < -0.4 is 4.90 Å². The van der Waals surface area contributed by atoms with E-state index in [1.807, 2.05) is 0 Å². The summed E-state index contributed by atoms with van der Waals surface area (Å²) in [6, 6.07) is 10.0. The van der Waals surface area contributed by atoms with Gasteiger partial charge in [0.1, 0.15) is 5.82 Å². The highest BCUT2D eigenvalue weighted by atomic mass is 35.5. The summed E-state index contributed by atoms with van der Waals surface area (Å²) in [5, 5.41) is 0.361. The first kappa shape index (κ1) is 19.0. The molecule has 5 nitrogen and oxygen atoms in total. The molecule has 1 fully saturated rings. The summed E-state index contributed by atoms with van der Waals surface area (Å²) in [5.41, 5.74) is 0.859. The summed E-state index contributed by atoms with van der Waals surface area (Å²) in [4.78, 5) is 15.9. The molecule has 0 saturated carbocycles. The van der Waals surface area contributed by atoms with Crippen LogP contribution in [-0.4, -0.2) is 32.3 Å². The zero-order valence-electron chi connectivity index (χ0n) is 14.9. The van der Waals surface area contributed by atoms with E-state index >= 15 is 0 Å². The van der Waals surface area contributed by atoms with Crippen LogP contribution in [0.4, 0.5) is 15.8 Å². The fourth-order valence-corrected chi connectivity index (χ4v) is 5.21. The first-order chi connectivity index (χ1) is 13.4. The normalized spacial score (nSPS) is 18.4. The van der Waals surface area contributed by atoms with Gasteiger partial charge >= 0.3 is 0 Å². The van der Waals surface area contributed by atoms with E-state index in [-0.39, 0.29) is 9.80 Å². The van der Waals surface area contributed by atoms with Crippen LogP contribution in [-0.2, 0) is 14.6 Å². The van der Waals surface area contributed by atoms with Crippen LogP contribution >= 0.6 is 11.6 Å². The number of anilines is 2. The molecule has 2 aliphatic rings. The number of benzene rings is 2. The topological polar surface area (TPSA) is 57.7 Å². The highest BCUT2D eigenvalue weighted by Gasteiger charge is 2.38. The monoisotopic (exact) mass is 420 g/mol. The van der Waals surface area contributed by atoms with Gasteiger partial charge in [0.15, 0.2) is 4.91 Å². The molecular weight excluding hydrogens is 403 g/mol. The number of piperidine rings is 1. The Morgan fingerprint density at radius 2 is 1.68 bits per heavy atom. The van der Waals surface area contributed by atoms with Gasteiger partial charge in [0.05, 0.1) is 10.6 Å². The minimum atomic E-state index is -4.00. The largest absolute Gasteiger partial charge is 0.338 e. The van der Waals surface area contributed by atoms with Gasteiger partial charge < -0.3 is 9.80 Å². The number of hydrogen-bond acceptors (Lipinski definition) is 4. The standard InChI is InChI=1S/C20H18ClFN2O3S/c21-14-4-9-18-17(12-14)24(16-7-5-15(22)6-8-16)13-19(28(18,26)27)20(25)23-10-2-1-3-11-23/h4-9,12-13H,1-3,10-11H2. The van der Waals surface area contributed by atoms with Gasteiger partial charge in [-0.2, -0.15) is 0 Å². The maximum Gasteiger partial charge on any atom is 0.267 e. The second-order valence-electron chi connectivity index (χ2n) is 6.81. The molecule has 0 aromatic heterocycles. The Morgan fingerprint density at radius 3 is 2.36 bits per heavy atom. The van der Waals surface area contributed by atoms with Crippen molar-refractivity contribution in [2.24, 2.45) is 0 Å². The average molecular weight is 421 g/mol. The summed E-state index contributed by atoms with van der Waals surface area (Å²) in [5.74, 6) is -0.916. The zero-order chi connectivity index (χ0) is 19.9. The molecule has 2 heterocycles. The van der Waals surface area contributed by atoms with Crippen molar-refractivity contribution in [3.63, 3.8) is 0 Å². The molecule has 8 heteroatoms. The summed E-state index contributed by atoms with van der Waals surface area (Å²) < 4.78 is 39.7. The van der Waals surface area contributed by atoms with Gasteiger partial charge in [0, 0.05) is 30.0 Å². The van der Waals surface area contributed by atoms with E-state index in [1.165, 1.54) is 48.7 Å². The minimum absolute atomic E-state index is 0.00378. The Bertz CT molecular complexity index is 1060. The van der Waals surface area contributed by atoms with Gasteiger partial charge in [-0.25, -0.2) is 12.8 Å². The Balaban J connectivity index is 1.87. The Morgan fingerprint density at radius 1 is 1.00 bits per heavy atom. The SMILES string of the molecule is O=C(C1=CN(c2ccc(F)cc2)c2cc(Cl)ccc2S1(=O)=O)N1CCCCC1. The van der Waals surface area contributed by atoms with Crippen molar-refractivity contribution in [3.8, 4) is 0 Å². The van der Waals surface area contributed by atoms with Crippen molar-refractivity contribution in [1.82, 2.24) is 4.90 Å². The molecule has 2 aromatic rings. The second kappa shape index (κ2) is 7.22. The highest BCUT2D eigenvalue weighted by Crippen LogP contribution is 2.41. The van der Waals surface area contributed by atoms with Crippen LogP contribution in [0.25, 0.3) is 0 Å². The molecule has 1 amide bonds. The molecule has 1 saturated heterocycles. The van der Waals surface area contributed by atoms with E-state index in [1.54, 1.807) is 9.80 Å². The number of fused-ring (bicyclic) bond motifs is 1. The minimum Gasteiger partial charge on any atom is -0.338 e. The quantitative estimate of drug-likeness (QED) is 0.728. The smallest absolute Gasteiger partial charge is 0.267 e. The van der Waals surface area contributed by atoms with Gasteiger partial charge in [-0.1, -0.05) is 11.6 Å². The summed E-state index contributed by atoms with van der Waals surface area (Å²) in [7, 11) is -4.00. The van der Waals surface area contributed by atoms with E-state index < -0.39 is 21.6 Å². The molecule has 28 heavy (non-hydrogen) atoms. The zero-order valence-corrected chi connectivity index (χ0v) is 16.5. The molecule has 0 radical (unpaired) electrons. The maximum absolute atomic E-state index is 13.4. The predicted octanol–water partition coefficient (Wildman–Crippen LogP) is 4.26. The van der Waals surface area contributed by atoms with Gasteiger partial charge in [-0.15, -0.1) is 0 Å². The van der Waals surface area contributed by atoms with Crippen LogP contribution in [0.1, 0.15) is 19.3 Å². The number of carbonyl (C=O) groups excluding carboxylic acids is 1. The number of carbonyl (C=O) groups is 1. The second-order valence-corrected chi connectivity index (χ2v) is 9.13. The van der Waals surface area contributed by atoms with Crippen LogP contribution in [0.5, 0.6) is 0 Å². The van der Waals surface area contributed by atoms with Gasteiger partial charge in [-0.3, -0.25) is 4.79 Å². The molecule has 0 atom stereocenters. The van der Waals surface area contributed by atoms with Crippen LogP contribution in [0.15, 0.2) is 58.5 Å². The molecule has 0 bridgehead atoms. The van der Waals surface area contributed by atoms with Crippen molar-refractivity contribution in [2.75, 3.05) is 18.0 Å². The lowest BCUT2D eigenvalue weighted by Gasteiger charge is -2.32. The third kappa shape index (κ3) is 3.29. The lowest BCUT2D eigenvalue weighted by atomic mass is 10.1. The van der Waals surface area contributed by atoms with Crippen molar-refractivity contribution in [3.05, 3.63) is 64.4 Å². The molecule has 0 unspecified atom stereocenters. The van der Waals surface area contributed by atoms with Crippen LogP contribution in [0, 0.1) is 5.82 Å². The molecule has 0 spiro atoms. The fraction of sp³-hybridized carbons (Fsp3) is 0.250. The Hall–Kier alpha value is -2.38. The van der Waals surface area contributed by atoms with Crippen molar-refractivity contribution in [1.29, 1.82) is 0 Å². The maximum atomic E-state index is 13.4. The van der Waals surface area contributed by atoms with E-state index in [0.29, 0.717) is 29.5 Å². The van der Waals surface area contributed by atoms with E-state index in [0.717, 1.165) is 19.3 Å². The fourth-order valence-electron chi connectivity index (χ4n) is 3.52. The van der Waals surface area contributed by atoms with Crippen LogP contribution in [0.3, 0.4) is 0 Å². The highest BCUT2D eigenvalue weighted by molar-refractivity contribution is 7.96. The summed E-state index contributed by atoms with van der Waals surface area (Å²) in [6.07, 6.45) is 4.05. The van der Waals surface area contributed by atoms with E-state index in [2.05, 4.69) is 0 Å². The van der Waals surface area contributed by atoms with E-state index in [4.69, 9.17) is 11.6 Å². The number of sulfone groups is 1. The lowest BCUT2D eigenvalue weighted by Crippen LogP contribution is -2.39. The molecule has 2 aliphatic heterocycles. The van der Waals surface area contributed by atoms with E-state index in [9.17, 15) is 17.6 Å². The van der Waals surface area contributed by atoms with Gasteiger partial charge in [0.2, 0.25) is 9.84 Å². The molecule has 0 aliphatic carbocycles. The van der Waals surface area contributed by atoms with Crippen LogP contribution in [0.2, 0.25) is 5.02 Å². The molecule has 2 aromatic carbocycles. The number of nitrogens with zero attached hydrogens (tertiary/aromatic N) is 2. The van der Waals surface area contributed by atoms with Crippen molar-refractivity contribution < 1.29 is 17.6 Å². The average Bonchev–Trinajstić information content (AvgIpc) is 2.69. The lowest BCUT2D eigenvalue weighted by molar-refractivity contribution is -0.127. The molecule has 146 valence electrons. The Labute approximate surface area is 167 Å². The van der Waals surface area contributed by atoms with Gasteiger partial charge in [0.25, 0.3) is 5.91 Å². The number of hydrogen-bond donors (Lipinski definition) is 0. The third-order valence-electron chi connectivity index (χ3n) is 4.96. The Kier molecular flexibility index (Phi) is 4.89.